The fourth-order valence-electron chi connectivity index (χ4n) is 1.37. The Balaban J connectivity index is 2.45. The predicted octanol–water partition coefficient (Wildman–Crippen LogP) is 3.49. The number of ketones is 1. The highest BCUT2D eigenvalue weighted by Gasteiger charge is 2.07. The third-order valence-corrected chi connectivity index (χ3v) is 2.87. The first-order chi connectivity index (χ1) is 7.58. The Hall–Kier alpha value is -1.13. The minimum Gasteiger partial charge on any atom is -0.294 e. The van der Waals surface area contributed by atoms with Crippen LogP contribution < -0.4 is 0 Å². The summed E-state index contributed by atoms with van der Waals surface area (Å²) in [6.07, 6.45) is 3.51. The number of hydrogen-bond acceptors (Lipinski definition) is 2. The predicted molar refractivity (Wildman–Crippen MR) is 66.3 cm³/mol. The van der Waals surface area contributed by atoms with Gasteiger partial charge in [-0.2, -0.15) is 5.10 Å². The molecule has 2 rings (SSSR count). The van der Waals surface area contributed by atoms with Crippen LogP contribution in [0.1, 0.15) is 17.3 Å². The molecule has 0 saturated carbocycles. The molecule has 1 aromatic heterocycles. The topological polar surface area (TPSA) is 34.9 Å². The van der Waals surface area contributed by atoms with E-state index in [2.05, 4.69) is 21.0 Å². The van der Waals surface area contributed by atoms with Crippen molar-refractivity contribution < 1.29 is 4.79 Å². The van der Waals surface area contributed by atoms with Crippen LogP contribution in [0.15, 0.2) is 35.1 Å². The van der Waals surface area contributed by atoms with Gasteiger partial charge in [0.05, 0.1) is 21.4 Å². The van der Waals surface area contributed by atoms with Crippen LogP contribution in [0, 0.1) is 0 Å². The SMILES string of the molecule is CC(=O)c1ccc(-n2cc(Br)cn2)cc1Cl. The van der Waals surface area contributed by atoms with E-state index in [1.807, 2.05) is 12.3 Å². The molecule has 0 aliphatic rings. The molecule has 2 aromatic rings. The molecule has 16 heavy (non-hydrogen) atoms. The Kier molecular flexibility index (Phi) is 3.12. The number of aromatic nitrogens is 2. The normalized spacial score (nSPS) is 10.4. The number of rotatable bonds is 2. The van der Waals surface area contributed by atoms with Crippen molar-refractivity contribution in [3.8, 4) is 5.69 Å². The van der Waals surface area contributed by atoms with Crippen LogP contribution in [0.4, 0.5) is 0 Å². The molecule has 0 saturated heterocycles. The zero-order valence-corrected chi connectivity index (χ0v) is 10.8. The molecule has 0 radical (unpaired) electrons. The largest absolute Gasteiger partial charge is 0.294 e. The monoisotopic (exact) mass is 298 g/mol. The van der Waals surface area contributed by atoms with Crippen molar-refractivity contribution in [1.29, 1.82) is 0 Å². The second-order valence-corrected chi connectivity index (χ2v) is 4.65. The average molecular weight is 300 g/mol. The van der Waals surface area contributed by atoms with Gasteiger partial charge in [-0.05, 0) is 41.1 Å². The molecule has 3 nitrogen and oxygen atoms in total. The first-order valence-corrected chi connectivity index (χ1v) is 5.76. The molecule has 0 aliphatic carbocycles. The van der Waals surface area contributed by atoms with Gasteiger partial charge in [0.15, 0.2) is 5.78 Å². The van der Waals surface area contributed by atoms with E-state index in [1.54, 1.807) is 23.0 Å². The van der Waals surface area contributed by atoms with Crippen molar-refractivity contribution in [1.82, 2.24) is 9.78 Å². The van der Waals surface area contributed by atoms with Crippen molar-refractivity contribution in [3.63, 3.8) is 0 Å². The fraction of sp³-hybridized carbons (Fsp3) is 0.0909. The Morgan fingerprint density at radius 3 is 2.75 bits per heavy atom. The van der Waals surface area contributed by atoms with Gasteiger partial charge >= 0.3 is 0 Å². The van der Waals surface area contributed by atoms with Gasteiger partial charge < -0.3 is 0 Å². The van der Waals surface area contributed by atoms with E-state index in [-0.39, 0.29) is 5.78 Å². The molecule has 0 spiro atoms. The lowest BCUT2D eigenvalue weighted by Gasteiger charge is -2.04. The summed E-state index contributed by atoms with van der Waals surface area (Å²) in [5.41, 5.74) is 1.34. The number of Topliss-reactive ketones (excluding diaryl/α,β-unsaturated/α-hetero) is 1. The van der Waals surface area contributed by atoms with Crippen LogP contribution in [0.2, 0.25) is 5.02 Å². The summed E-state index contributed by atoms with van der Waals surface area (Å²) in [4.78, 5) is 11.2. The van der Waals surface area contributed by atoms with Gasteiger partial charge in [-0.3, -0.25) is 4.79 Å². The molecular weight excluding hydrogens is 291 g/mol. The first-order valence-electron chi connectivity index (χ1n) is 4.59. The summed E-state index contributed by atoms with van der Waals surface area (Å²) in [5.74, 6) is -0.0433. The van der Waals surface area contributed by atoms with E-state index in [9.17, 15) is 4.79 Å². The number of nitrogens with zero attached hydrogens (tertiary/aromatic N) is 2. The van der Waals surface area contributed by atoms with Crippen molar-refractivity contribution in [2.45, 2.75) is 6.92 Å². The molecule has 0 bridgehead atoms. The summed E-state index contributed by atoms with van der Waals surface area (Å²) in [6, 6.07) is 5.23. The maximum Gasteiger partial charge on any atom is 0.161 e. The molecule has 82 valence electrons. The highest BCUT2D eigenvalue weighted by Crippen LogP contribution is 2.21. The Morgan fingerprint density at radius 1 is 1.50 bits per heavy atom. The summed E-state index contributed by atoms with van der Waals surface area (Å²) in [6.45, 7) is 1.49. The lowest BCUT2D eigenvalue weighted by Crippen LogP contribution is -1.98. The second kappa shape index (κ2) is 4.39. The third kappa shape index (κ3) is 2.18. The van der Waals surface area contributed by atoms with Crippen molar-refractivity contribution in [2.24, 2.45) is 0 Å². The molecule has 0 aliphatic heterocycles. The van der Waals surface area contributed by atoms with Gasteiger partial charge in [-0.1, -0.05) is 11.6 Å². The summed E-state index contributed by atoms with van der Waals surface area (Å²) < 4.78 is 2.57. The Morgan fingerprint density at radius 2 is 2.25 bits per heavy atom. The Bertz CT molecular complexity index is 551. The van der Waals surface area contributed by atoms with Gasteiger partial charge in [0, 0.05) is 11.8 Å². The van der Waals surface area contributed by atoms with Gasteiger partial charge in [0.25, 0.3) is 0 Å². The van der Waals surface area contributed by atoms with E-state index < -0.39 is 0 Å². The summed E-state index contributed by atoms with van der Waals surface area (Å²) >= 11 is 9.32. The molecule has 1 heterocycles. The number of carbonyl (C=O) groups excluding carboxylic acids is 1. The van der Waals surface area contributed by atoms with Gasteiger partial charge in [0.2, 0.25) is 0 Å². The van der Waals surface area contributed by atoms with Gasteiger partial charge in [-0.25, -0.2) is 4.68 Å². The van der Waals surface area contributed by atoms with Crippen molar-refractivity contribution in [2.75, 3.05) is 0 Å². The quantitative estimate of drug-likeness (QED) is 0.796. The standard InChI is InChI=1S/C11H8BrClN2O/c1-7(16)10-3-2-9(4-11(10)13)15-6-8(12)5-14-15/h2-6H,1H3. The molecule has 5 heteroatoms. The minimum atomic E-state index is -0.0433. The number of hydrogen-bond donors (Lipinski definition) is 0. The van der Waals surface area contributed by atoms with Crippen LogP contribution in [0.3, 0.4) is 0 Å². The fourth-order valence-corrected chi connectivity index (χ4v) is 1.97. The van der Waals surface area contributed by atoms with Crippen molar-refractivity contribution in [3.05, 3.63) is 45.7 Å². The highest BCUT2D eigenvalue weighted by atomic mass is 79.9. The molecule has 1 aromatic carbocycles. The van der Waals surface area contributed by atoms with Crippen LogP contribution in [-0.2, 0) is 0 Å². The molecular formula is C11H8BrClN2O. The van der Waals surface area contributed by atoms with Crippen molar-refractivity contribution >= 4 is 33.3 Å². The number of carbonyl (C=O) groups is 1. The molecule has 0 amide bonds. The van der Waals surface area contributed by atoms with Gasteiger partial charge in [0.1, 0.15) is 0 Å². The summed E-state index contributed by atoms with van der Waals surface area (Å²) in [7, 11) is 0. The van der Waals surface area contributed by atoms with Crippen LogP contribution in [-0.4, -0.2) is 15.6 Å². The molecule has 0 fully saturated rings. The zero-order valence-electron chi connectivity index (χ0n) is 8.45. The minimum absolute atomic E-state index is 0.0433. The van der Waals surface area contributed by atoms with Crippen LogP contribution in [0.25, 0.3) is 5.69 Å². The summed E-state index contributed by atoms with van der Waals surface area (Å²) in [5, 5.41) is 4.57. The smallest absolute Gasteiger partial charge is 0.161 e. The van der Waals surface area contributed by atoms with E-state index in [0.29, 0.717) is 10.6 Å². The van der Waals surface area contributed by atoms with Gasteiger partial charge in [-0.15, -0.1) is 0 Å². The molecule has 0 atom stereocenters. The maximum atomic E-state index is 11.2. The zero-order chi connectivity index (χ0) is 11.7. The van der Waals surface area contributed by atoms with E-state index in [1.165, 1.54) is 6.92 Å². The first kappa shape index (κ1) is 11.4. The second-order valence-electron chi connectivity index (χ2n) is 3.32. The molecule has 0 unspecified atom stereocenters. The molecule has 0 N–H and O–H groups in total. The maximum absolute atomic E-state index is 11.2. The lowest BCUT2D eigenvalue weighted by atomic mass is 10.1. The third-order valence-electron chi connectivity index (χ3n) is 2.15. The number of benzene rings is 1. The van der Waals surface area contributed by atoms with Crippen LogP contribution in [0.5, 0.6) is 0 Å². The number of halogens is 2. The average Bonchev–Trinajstić information content (AvgIpc) is 2.64. The Labute approximate surface area is 106 Å². The lowest BCUT2D eigenvalue weighted by molar-refractivity contribution is 0.101. The van der Waals surface area contributed by atoms with E-state index in [4.69, 9.17) is 11.6 Å². The van der Waals surface area contributed by atoms with Crippen LogP contribution >= 0.6 is 27.5 Å². The van der Waals surface area contributed by atoms with E-state index >= 15 is 0 Å². The van der Waals surface area contributed by atoms with E-state index in [0.717, 1.165) is 10.2 Å². The highest BCUT2D eigenvalue weighted by molar-refractivity contribution is 9.10.